The van der Waals surface area contributed by atoms with Crippen LogP contribution < -0.4 is 10.6 Å². The molecule has 1 saturated carbocycles. The van der Waals surface area contributed by atoms with Gasteiger partial charge in [0.2, 0.25) is 0 Å². The zero-order valence-electron chi connectivity index (χ0n) is 9.91. The van der Waals surface area contributed by atoms with Crippen molar-refractivity contribution in [1.29, 1.82) is 0 Å². The van der Waals surface area contributed by atoms with E-state index in [-0.39, 0.29) is 11.9 Å². The Morgan fingerprint density at radius 3 is 2.62 bits per heavy atom. The quantitative estimate of drug-likeness (QED) is 0.852. The van der Waals surface area contributed by atoms with Gasteiger partial charge in [-0.05, 0) is 38.3 Å². The SMILES string of the molecule is C[C@@H](N)c1c(F)cccc1N(C)C1CCC1. The summed E-state index contributed by atoms with van der Waals surface area (Å²) >= 11 is 0. The Morgan fingerprint density at radius 1 is 1.44 bits per heavy atom. The molecular weight excluding hydrogens is 203 g/mol. The predicted molar refractivity (Wildman–Crippen MR) is 65.0 cm³/mol. The van der Waals surface area contributed by atoms with Crippen molar-refractivity contribution in [1.82, 2.24) is 0 Å². The van der Waals surface area contributed by atoms with Gasteiger partial charge in [0.25, 0.3) is 0 Å². The summed E-state index contributed by atoms with van der Waals surface area (Å²) in [5.74, 6) is -0.196. The third-order valence-electron chi connectivity index (χ3n) is 3.49. The number of nitrogens with zero attached hydrogens (tertiary/aromatic N) is 1. The van der Waals surface area contributed by atoms with E-state index < -0.39 is 0 Å². The molecule has 1 aliphatic rings. The highest BCUT2D eigenvalue weighted by molar-refractivity contribution is 5.56. The molecule has 2 nitrogen and oxygen atoms in total. The van der Waals surface area contributed by atoms with Gasteiger partial charge in [0.15, 0.2) is 0 Å². The first-order valence-electron chi connectivity index (χ1n) is 5.88. The highest BCUT2D eigenvalue weighted by Crippen LogP contribution is 2.33. The van der Waals surface area contributed by atoms with E-state index in [0.29, 0.717) is 11.6 Å². The molecule has 0 unspecified atom stereocenters. The third-order valence-corrected chi connectivity index (χ3v) is 3.49. The summed E-state index contributed by atoms with van der Waals surface area (Å²) in [6, 6.07) is 5.49. The highest BCUT2D eigenvalue weighted by Gasteiger charge is 2.25. The van der Waals surface area contributed by atoms with Crippen molar-refractivity contribution in [3.63, 3.8) is 0 Å². The summed E-state index contributed by atoms with van der Waals surface area (Å²) in [6.45, 7) is 1.83. The van der Waals surface area contributed by atoms with E-state index in [4.69, 9.17) is 5.73 Å². The monoisotopic (exact) mass is 222 g/mol. The first kappa shape index (κ1) is 11.4. The van der Waals surface area contributed by atoms with E-state index in [0.717, 1.165) is 5.69 Å². The summed E-state index contributed by atoms with van der Waals surface area (Å²) in [5, 5.41) is 0. The van der Waals surface area contributed by atoms with Gasteiger partial charge in [0, 0.05) is 30.4 Å². The Morgan fingerprint density at radius 2 is 2.12 bits per heavy atom. The van der Waals surface area contributed by atoms with Crippen LogP contribution in [0.1, 0.15) is 37.8 Å². The van der Waals surface area contributed by atoms with Gasteiger partial charge >= 0.3 is 0 Å². The van der Waals surface area contributed by atoms with E-state index in [9.17, 15) is 4.39 Å². The van der Waals surface area contributed by atoms with Gasteiger partial charge in [-0.1, -0.05) is 6.07 Å². The maximum atomic E-state index is 13.7. The average Bonchev–Trinajstić information content (AvgIpc) is 2.13. The van der Waals surface area contributed by atoms with Gasteiger partial charge in [0.1, 0.15) is 5.82 Å². The van der Waals surface area contributed by atoms with E-state index in [1.165, 1.54) is 25.3 Å². The molecule has 1 aromatic rings. The lowest BCUT2D eigenvalue weighted by molar-refractivity contribution is 0.399. The zero-order valence-corrected chi connectivity index (χ0v) is 9.91. The lowest BCUT2D eigenvalue weighted by atomic mass is 9.90. The molecule has 3 heteroatoms. The zero-order chi connectivity index (χ0) is 11.7. The van der Waals surface area contributed by atoms with Crippen LogP contribution in [-0.2, 0) is 0 Å². The van der Waals surface area contributed by atoms with Crippen LogP contribution in [0, 0.1) is 5.82 Å². The van der Waals surface area contributed by atoms with Crippen molar-refractivity contribution in [2.45, 2.75) is 38.3 Å². The maximum absolute atomic E-state index is 13.7. The summed E-state index contributed by atoms with van der Waals surface area (Å²) in [4.78, 5) is 2.17. The summed E-state index contributed by atoms with van der Waals surface area (Å²) in [6.07, 6.45) is 3.68. The number of benzene rings is 1. The fourth-order valence-electron chi connectivity index (χ4n) is 2.25. The summed E-state index contributed by atoms with van der Waals surface area (Å²) in [5.41, 5.74) is 7.43. The second-order valence-corrected chi connectivity index (χ2v) is 4.66. The molecule has 0 heterocycles. The van der Waals surface area contributed by atoms with Gasteiger partial charge in [-0.25, -0.2) is 4.39 Å². The molecule has 0 amide bonds. The van der Waals surface area contributed by atoms with Crippen molar-refractivity contribution >= 4 is 5.69 Å². The Kier molecular flexibility index (Phi) is 3.15. The van der Waals surface area contributed by atoms with E-state index in [2.05, 4.69) is 4.90 Å². The molecule has 2 N–H and O–H groups in total. The Balaban J connectivity index is 2.34. The molecule has 0 aromatic heterocycles. The molecular formula is C13H19FN2. The molecule has 88 valence electrons. The lowest BCUT2D eigenvalue weighted by Crippen LogP contribution is -2.38. The minimum Gasteiger partial charge on any atom is -0.371 e. The smallest absolute Gasteiger partial charge is 0.130 e. The van der Waals surface area contributed by atoms with Crippen molar-refractivity contribution in [2.75, 3.05) is 11.9 Å². The molecule has 0 spiro atoms. The third kappa shape index (κ3) is 1.92. The Labute approximate surface area is 96.2 Å². The minimum absolute atomic E-state index is 0.196. The molecule has 1 aliphatic carbocycles. The van der Waals surface area contributed by atoms with Gasteiger partial charge in [0.05, 0.1) is 0 Å². The van der Waals surface area contributed by atoms with Crippen LogP contribution in [0.5, 0.6) is 0 Å². The van der Waals surface area contributed by atoms with Gasteiger partial charge < -0.3 is 10.6 Å². The van der Waals surface area contributed by atoms with Crippen LogP contribution in [0.3, 0.4) is 0 Å². The van der Waals surface area contributed by atoms with Crippen LogP contribution in [0.25, 0.3) is 0 Å². The fourth-order valence-corrected chi connectivity index (χ4v) is 2.25. The van der Waals surface area contributed by atoms with Crippen LogP contribution in [0.2, 0.25) is 0 Å². The van der Waals surface area contributed by atoms with Crippen LogP contribution in [-0.4, -0.2) is 13.1 Å². The predicted octanol–water partition coefficient (Wildman–Crippen LogP) is 2.83. The number of hydrogen-bond acceptors (Lipinski definition) is 2. The topological polar surface area (TPSA) is 29.3 Å². The number of hydrogen-bond donors (Lipinski definition) is 1. The van der Waals surface area contributed by atoms with Crippen LogP contribution >= 0.6 is 0 Å². The molecule has 0 radical (unpaired) electrons. The van der Waals surface area contributed by atoms with Crippen molar-refractivity contribution < 1.29 is 4.39 Å². The first-order chi connectivity index (χ1) is 7.61. The second-order valence-electron chi connectivity index (χ2n) is 4.66. The minimum atomic E-state index is -0.265. The number of anilines is 1. The molecule has 0 bridgehead atoms. The van der Waals surface area contributed by atoms with Gasteiger partial charge in [-0.3, -0.25) is 0 Å². The molecule has 0 aliphatic heterocycles. The van der Waals surface area contributed by atoms with Gasteiger partial charge in [-0.2, -0.15) is 0 Å². The van der Waals surface area contributed by atoms with Crippen LogP contribution in [0.15, 0.2) is 18.2 Å². The lowest BCUT2D eigenvalue weighted by Gasteiger charge is -2.37. The standard InChI is InChI=1S/C13H19FN2/c1-9(15)13-11(14)7-4-8-12(13)16(2)10-5-3-6-10/h4,7-10H,3,5-6,15H2,1-2H3/t9-/m1/s1. The largest absolute Gasteiger partial charge is 0.371 e. The average molecular weight is 222 g/mol. The summed E-state index contributed by atoms with van der Waals surface area (Å²) < 4.78 is 13.7. The van der Waals surface area contributed by atoms with Crippen molar-refractivity contribution in [3.8, 4) is 0 Å². The Bertz CT molecular complexity index is 372. The maximum Gasteiger partial charge on any atom is 0.130 e. The molecule has 0 saturated heterocycles. The number of halogens is 1. The molecule has 16 heavy (non-hydrogen) atoms. The van der Waals surface area contributed by atoms with E-state index in [1.807, 2.05) is 20.0 Å². The number of nitrogens with two attached hydrogens (primary N) is 1. The van der Waals surface area contributed by atoms with Crippen LogP contribution in [0.4, 0.5) is 10.1 Å². The Hall–Kier alpha value is -1.09. The second kappa shape index (κ2) is 4.42. The summed E-state index contributed by atoms with van der Waals surface area (Å²) in [7, 11) is 2.03. The first-order valence-corrected chi connectivity index (χ1v) is 5.88. The molecule has 1 fully saturated rings. The van der Waals surface area contributed by atoms with E-state index >= 15 is 0 Å². The van der Waals surface area contributed by atoms with E-state index in [1.54, 1.807) is 6.07 Å². The molecule has 1 atom stereocenters. The van der Waals surface area contributed by atoms with Gasteiger partial charge in [-0.15, -0.1) is 0 Å². The van der Waals surface area contributed by atoms with Crippen molar-refractivity contribution in [2.24, 2.45) is 5.73 Å². The molecule has 2 rings (SSSR count). The highest BCUT2D eigenvalue weighted by atomic mass is 19.1. The number of rotatable bonds is 3. The fraction of sp³-hybridized carbons (Fsp3) is 0.538. The molecule has 1 aromatic carbocycles. The normalized spacial score (nSPS) is 18.0. The van der Waals surface area contributed by atoms with Crippen molar-refractivity contribution in [3.05, 3.63) is 29.6 Å².